The van der Waals surface area contributed by atoms with Gasteiger partial charge in [-0.2, -0.15) is 5.10 Å². The number of nitrogens with zero attached hydrogens (tertiary/aromatic N) is 3. The lowest BCUT2D eigenvalue weighted by atomic mass is 10.1. The third-order valence-electron chi connectivity index (χ3n) is 2.84. The zero-order chi connectivity index (χ0) is 10.7. The molecule has 1 aromatic rings. The number of aromatic nitrogens is 2. The topological polar surface area (TPSA) is 47.1 Å². The summed E-state index contributed by atoms with van der Waals surface area (Å²) in [5.74, 6) is 0.426. The molecular weight excluding hydrogens is 212 g/mol. The van der Waals surface area contributed by atoms with Crippen molar-refractivity contribution < 1.29 is 0 Å². The molecule has 1 aromatic heterocycles. The monoisotopic (exact) mass is 228 g/mol. The van der Waals surface area contributed by atoms with Crippen molar-refractivity contribution in [3.05, 3.63) is 11.2 Å². The smallest absolute Gasteiger partial charge is 0.164 e. The van der Waals surface area contributed by atoms with Gasteiger partial charge in [0.25, 0.3) is 0 Å². The van der Waals surface area contributed by atoms with Crippen LogP contribution in [0.15, 0.2) is 6.20 Å². The molecule has 0 unspecified atom stereocenters. The molecule has 1 aliphatic heterocycles. The minimum atomic E-state index is 0.426. The van der Waals surface area contributed by atoms with Crippen molar-refractivity contribution in [2.24, 2.45) is 0 Å². The van der Waals surface area contributed by atoms with E-state index in [1.807, 2.05) is 4.68 Å². The summed E-state index contributed by atoms with van der Waals surface area (Å²) in [6, 6.07) is 0. The first-order valence-corrected chi connectivity index (χ1v) is 5.84. The predicted octanol–water partition coefficient (Wildman–Crippen LogP) is 1.60. The van der Waals surface area contributed by atoms with Gasteiger partial charge in [0.05, 0.1) is 6.54 Å². The summed E-state index contributed by atoms with van der Waals surface area (Å²) in [5, 5.41) is 4.68. The highest BCUT2D eigenvalue weighted by Crippen LogP contribution is 2.15. The van der Waals surface area contributed by atoms with E-state index in [0.717, 1.165) is 13.1 Å². The quantitative estimate of drug-likeness (QED) is 0.855. The molecule has 0 saturated carbocycles. The van der Waals surface area contributed by atoms with E-state index in [1.54, 1.807) is 6.20 Å². The maximum absolute atomic E-state index is 5.83. The van der Waals surface area contributed by atoms with Gasteiger partial charge in [-0.1, -0.05) is 18.0 Å². The standard InChI is InChI=1S/C10H17ClN4/c11-9-8-15(13-10(9)12)7-6-14-4-2-1-3-5-14/h8H,1-7H2,(H2,12,13). The lowest BCUT2D eigenvalue weighted by Crippen LogP contribution is -2.32. The first-order valence-electron chi connectivity index (χ1n) is 5.46. The summed E-state index contributed by atoms with van der Waals surface area (Å²) >= 11 is 5.83. The zero-order valence-corrected chi connectivity index (χ0v) is 9.58. The second-order valence-corrected chi connectivity index (χ2v) is 4.43. The average molecular weight is 229 g/mol. The van der Waals surface area contributed by atoms with Crippen molar-refractivity contribution >= 4 is 17.4 Å². The summed E-state index contributed by atoms with van der Waals surface area (Å²) < 4.78 is 1.83. The molecule has 1 fully saturated rings. The van der Waals surface area contributed by atoms with Crippen LogP contribution in [0.3, 0.4) is 0 Å². The Balaban J connectivity index is 1.81. The van der Waals surface area contributed by atoms with Gasteiger partial charge < -0.3 is 10.6 Å². The number of nitrogens with two attached hydrogens (primary N) is 1. The molecule has 0 atom stereocenters. The minimum Gasteiger partial charge on any atom is -0.381 e. The van der Waals surface area contributed by atoms with E-state index in [0.29, 0.717) is 10.8 Å². The second-order valence-electron chi connectivity index (χ2n) is 4.03. The SMILES string of the molecule is Nc1nn(CCN2CCCCC2)cc1Cl. The highest BCUT2D eigenvalue weighted by atomic mass is 35.5. The van der Waals surface area contributed by atoms with Gasteiger partial charge in [-0.3, -0.25) is 4.68 Å². The molecule has 1 saturated heterocycles. The molecule has 0 aliphatic carbocycles. The zero-order valence-electron chi connectivity index (χ0n) is 8.82. The first-order chi connectivity index (χ1) is 7.25. The van der Waals surface area contributed by atoms with E-state index in [2.05, 4.69) is 10.00 Å². The summed E-state index contributed by atoms with van der Waals surface area (Å²) in [6.45, 7) is 4.34. The molecule has 2 heterocycles. The molecule has 0 radical (unpaired) electrons. The van der Waals surface area contributed by atoms with Crippen molar-refractivity contribution in [2.75, 3.05) is 25.4 Å². The molecule has 0 amide bonds. The lowest BCUT2D eigenvalue weighted by Gasteiger charge is -2.26. The van der Waals surface area contributed by atoms with Crippen LogP contribution in [-0.2, 0) is 6.54 Å². The number of rotatable bonds is 3. The summed E-state index contributed by atoms with van der Waals surface area (Å²) in [5.41, 5.74) is 5.57. The Morgan fingerprint density at radius 3 is 2.60 bits per heavy atom. The Hall–Kier alpha value is -0.740. The fourth-order valence-corrected chi connectivity index (χ4v) is 2.10. The van der Waals surface area contributed by atoms with Crippen LogP contribution in [0.2, 0.25) is 5.02 Å². The maximum Gasteiger partial charge on any atom is 0.164 e. The van der Waals surface area contributed by atoms with E-state index in [1.165, 1.54) is 32.4 Å². The number of likely N-dealkylation sites (tertiary alicyclic amines) is 1. The Morgan fingerprint density at radius 2 is 2.00 bits per heavy atom. The van der Waals surface area contributed by atoms with Gasteiger partial charge in [0, 0.05) is 12.7 Å². The Labute approximate surface area is 95.0 Å². The normalized spacial score (nSPS) is 18.2. The Morgan fingerprint density at radius 1 is 1.27 bits per heavy atom. The van der Waals surface area contributed by atoms with Crippen molar-refractivity contribution in [3.63, 3.8) is 0 Å². The molecular formula is C10H17ClN4. The highest BCUT2D eigenvalue weighted by Gasteiger charge is 2.10. The van der Waals surface area contributed by atoms with Crippen molar-refractivity contribution in [3.8, 4) is 0 Å². The second kappa shape index (κ2) is 4.86. The van der Waals surface area contributed by atoms with E-state index in [4.69, 9.17) is 17.3 Å². The molecule has 0 bridgehead atoms. The molecule has 1 aliphatic rings. The first kappa shape index (κ1) is 10.8. The molecule has 5 heteroatoms. The van der Waals surface area contributed by atoms with E-state index in [-0.39, 0.29) is 0 Å². The number of anilines is 1. The highest BCUT2D eigenvalue weighted by molar-refractivity contribution is 6.32. The third-order valence-corrected chi connectivity index (χ3v) is 3.13. The molecule has 0 spiro atoms. The van der Waals surface area contributed by atoms with E-state index < -0.39 is 0 Å². The lowest BCUT2D eigenvalue weighted by molar-refractivity contribution is 0.218. The van der Waals surface area contributed by atoms with Crippen LogP contribution in [0.5, 0.6) is 0 Å². The van der Waals surface area contributed by atoms with Gasteiger partial charge in [0.15, 0.2) is 5.82 Å². The number of hydrogen-bond acceptors (Lipinski definition) is 3. The van der Waals surface area contributed by atoms with E-state index >= 15 is 0 Å². The van der Waals surface area contributed by atoms with Crippen molar-refractivity contribution in [1.82, 2.24) is 14.7 Å². The molecule has 0 aromatic carbocycles. The fraction of sp³-hybridized carbons (Fsp3) is 0.700. The predicted molar refractivity (Wildman–Crippen MR) is 61.9 cm³/mol. The Kier molecular flexibility index (Phi) is 3.49. The minimum absolute atomic E-state index is 0.426. The fourth-order valence-electron chi connectivity index (χ4n) is 1.95. The molecule has 2 rings (SSSR count). The molecule has 2 N–H and O–H groups in total. The van der Waals surface area contributed by atoms with Gasteiger partial charge in [-0.05, 0) is 25.9 Å². The third kappa shape index (κ3) is 2.86. The largest absolute Gasteiger partial charge is 0.381 e. The van der Waals surface area contributed by atoms with Gasteiger partial charge >= 0.3 is 0 Å². The molecule has 84 valence electrons. The summed E-state index contributed by atoms with van der Waals surface area (Å²) in [7, 11) is 0. The van der Waals surface area contributed by atoms with Crippen LogP contribution >= 0.6 is 11.6 Å². The van der Waals surface area contributed by atoms with Gasteiger partial charge in [-0.15, -0.1) is 0 Å². The average Bonchev–Trinajstić information content (AvgIpc) is 2.57. The van der Waals surface area contributed by atoms with Gasteiger partial charge in [0.2, 0.25) is 0 Å². The number of piperidine rings is 1. The molecule has 15 heavy (non-hydrogen) atoms. The van der Waals surface area contributed by atoms with Crippen LogP contribution in [0.25, 0.3) is 0 Å². The number of nitrogen functional groups attached to an aromatic ring is 1. The Bertz CT molecular complexity index is 298. The van der Waals surface area contributed by atoms with Crippen molar-refractivity contribution in [2.45, 2.75) is 25.8 Å². The van der Waals surface area contributed by atoms with Crippen LogP contribution in [0.1, 0.15) is 19.3 Å². The van der Waals surface area contributed by atoms with Crippen LogP contribution in [-0.4, -0.2) is 34.3 Å². The van der Waals surface area contributed by atoms with Crippen molar-refractivity contribution in [1.29, 1.82) is 0 Å². The van der Waals surface area contributed by atoms with E-state index in [9.17, 15) is 0 Å². The van der Waals surface area contributed by atoms with Crippen LogP contribution in [0.4, 0.5) is 5.82 Å². The summed E-state index contributed by atoms with van der Waals surface area (Å²) in [4.78, 5) is 2.47. The molecule has 4 nitrogen and oxygen atoms in total. The van der Waals surface area contributed by atoms with Gasteiger partial charge in [-0.25, -0.2) is 0 Å². The van der Waals surface area contributed by atoms with Crippen LogP contribution < -0.4 is 5.73 Å². The summed E-state index contributed by atoms with van der Waals surface area (Å²) in [6.07, 6.45) is 5.81. The maximum atomic E-state index is 5.83. The number of hydrogen-bond donors (Lipinski definition) is 1. The van der Waals surface area contributed by atoms with Crippen LogP contribution in [0, 0.1) is 0 Å². The van der Waals surface area contributed by atoms with Gasteiger partial charge in [0.1, 0.15) is 5.02 Å². The number of halogens is 1.